The Morgan fingerprint density at radius 3 is 2.35 bits per heavy atom. The fourth-order valence-corrected chi connectivity index (χ4v) is 1.61. The van der Waals surface area contributed by atoms with Crippen molar-refractivity contribution in [1.82, 2.24) is 5.32 Å². The molecule has 0 aromatic heterocycles. The van der Waals surface area contributed by atoms with Crippen molar-refractivity contribution in [1.29, 1.82) is 0 Å². The fourth-order valence-electron chi connectivity index (χ4n) is 1.61. The molecule has 0 aliphatic carbocycles. The Balaban J connectivity index is 2.84. The number of alkyl halides is 3. The second kappa shape index (κ2) is 7.12. The minimum absolute atomic E-state index is 0.0148. The number of carbonyl (C=O) groups is 1. The van der Waals surface area contributed by atoms with Gasteiger partial charge in [0.05, 0.1) is 5.57 Å². The van der Waals surface area contributed by atoms with Crippen LogP contribution in [0, 0.1) is 5.92 Å². The fraction of sp³-hybridized carbons (Fsp3) is 0.400. The summed E-state index contributed by atoms with van der Waals surface area (Å²) >= 11 is 0. The number of rotatable bonds is 5. The van der Waals surface area contributed by atoms with Crippen LogP contribution < -0.4 is 5.32 Å². The van der Waals surface area contributed by atoms with E-state index in [1.54, 1.807) is 6.07 Å². The zero-order chi connectivity index (χ0) is 15.2. The highest BCUT2D eigenvalue weighted by Crippen LogP contribution is 2.33. The summed E-state index contributed by atoms with van der Waals surface area (Å²) in [6.45, 7) is 4.33. The van der Waals surface area contributed by atoms with Crippen LogP contribution in [0.4, 0.5) is 13.2 Å². The van der Waals surface area contributed by atoms with Crippen LogP contribution in [0.15, 0.2) is 36.4 Å². The molecule has 1 aromatic rings. The van der Waals surface area contributed by atoms with Crippen molar-refractivity contribution in [3.8, 4) is 0 Å². The molecule has 0 spiro atoms. The zero-order valence-electron chi connectivity index (χ0n) is 11.5. The van der Waals surface area contributed by atoms with Crippen LogP contribution in [-0.4, -0.2) is 18.6 Å². The minimum Gasteiger partial charge on any atom is -0.353 e. The van der Waals surface area contributed by atoms with Crippen LogP contribution in [-0.2, 0) is 4.79 Å². The molecule has 0 saturated heterocycles. The van der Waals surface area contributed by atoms with E-state index in [0.717, 1.165) is 6.42 Å². The number of nitrogens with one attached hydrogen (secondary N) is 1. The minimum atomic E-state index is -4.56. The lowest BCUT2D eigenvalue weighted by Crippen LogP contribution is -2.25. The molecule has 2 nitrogen and oxygen atoms in total. The Kier molecular flexibility index (Phi) is 5.80. The molecule has 0 heterocycles. The van der Waals surface area contributed by atoms with Crippen molar-refractivity contribution in [2.24, 2.45) is 5.92 Å². The molecule has 20 heavy (non-hydrogen) atoms. The summed E-state index contributed by atoms with van der Waals surface area (Å²) in [6, 6.07) is 7.30. The molecule has 0 unspecified atom stereocenters. The first-order chi connectivity index (χ1) is 9.30. The van der Waals surface area contributed by atoms with Crippen LogP contribution in [0.5, 0.6) is 0 Å². The molecule has 0 aliphatic heterocycles. The number of benzene rings is 1. The normalized spacial score (nSPS) is 12.6. The molecule has 0 saturated carbocycles. The topological polar surface area (TPSA) is 29.1 Å². The molecule has 1 rings (SSSR count). The lowest BCUT2D eigenvalue weighted by atomic mass is 10.1. The predicted octanol–water partition coefficient (Wildman–Crippen LogP) is 3.79. The number of hydrogen-bond acceptors (Lipinski definition) is 1. The average Bonchev–Trinajstić information content (AvgIpc) is 2.35. The molecule has 0 bridgehead atoms. The Labute approximate surface area is 116 Å². The van der Waals surface area contributed by atoms with E-state index in [4.69, 9.17) is 0 Å². The Morgan fingerprint density at radius 1 is 1.25 bits per heavy atom. The second-order valence-electron chi connectivity index (χ2n) is 4.90. The van der Waals surface area contributed by atoms with Crippen molar-refractivity contribution < 1.29 is 18.0 Å². The first-order valence-corrected chi connectivity index (χ1v) is 6.43. The van der Waals surface area contributed by atoms with Crippen molar-refractivity contribution in [2.75, 3.05) is 6.54 Å². The number of halogens is 3. The van der Waals surface area contributed by atoms with Gasteiger partial charge in [0.2, 0.25) is 5.91 Å². The van der Waals surface area contributed by atoms with Crippen molar-refractivity contribution >= 4 is 11.5 Å². The molecule has 110 valence electrons. The van der Waals surface area contributed by atoms with Gasteiger partial charge in [0, 0.05) is 12.6 Å². The van der Waals surface area contributed by atoms with Crippen molar-refractivity contribution in [2.45, 2.75) is 26.4 Å². The first-order valence-electron chi connectivity index (χ1n) is 6.43. The van der Waals surface area contributed by atoms with E-state index in [2.05, 4.69) is 5.32 Å². The van der Waals surface area contributed by atoms with Gasteiger partial charge >= 0.3 is 6.18 Å². The van der Waals surface area contributed by atoms with Gasteiger partial charge < -0.3 is 5.32 Å². The smallest absolute Gasteiger partial charge is 0.353 e. The number of carbonyl (C=O) groups excluding carboxylic acids is 1. The highest BCUT2D eigenvalue weighted by atomic mass is 19.4. The number of amides is 1. The first kappa shape index (κ1) is 16.3. The third-order valence-electron chi connectivity index (χ3n) is 2.69. The standard InChI is InChI=1S/C15H18F3NO/c1-11(2)8-9-19-14(20)10-13(15(16,17)18)12-6-4-3-5-7-12/h3-7,10-11H,8-9H2,1-2H3,(H,19,20)/b13-10-. The molecular formula is C15H18F3NO. The van der Waals surface area contributed by atoms with Gasteiger partial charge in [0.1, 0.15) is 0 Å². The van der Waals surface area contributed by atoms with Gasteiger partial charge in [-0.3, -0.25) is 4.79 Å². The van der Waals surface area contributed by atoms with Crippen LogP contribution in [0.25, 0.3) is 5.57 Å². The number of hydrogen-bond donors (Lipinski definition) is 1. The number of allylic oxidation sites excluding steroid dienone is 1. The predicted molar refractivity (Wildman–Crippen MR) is 72.9 cm³/mol. The lowest BCUT2D eigenvalue weighted by molar-refractivity contribution is -0.117. The molecule has 1 N–H and O–H groups in total. The summed E-state index contributed by atoms with van der Waals surface area (Å²) in [5.41, 5.74) is -0.945. The third kappa shape index (κ3) is 5.47. The van der Waals surface area contributed by atoms with E-state index in [1.165, 1.54) is 24.3 Å². The molecule has 0 fully saturated rings. The monoisotopic (exact) mass is 285 g/mol. The summed E-state index contributed by atoms with van der Waals surface area (Å²) in [5, 5.41) is 2.47. The molecular weight excluding hydrogens is 267 g/mol. The summed E-state index contributed by atoms with van der Waals surface area (Å²) in [4.78, 5) is 11.6. The van der Waals surface area contributed by atoms with Gasteiger partial charge in [-0.15, -0.1) is 0 Å². The molecule has 5 heteroatoms. The van der Waals surface area contributed by atoms with E-state index < -0.39 is 17.7 Å². The molecule has 0 atom stereocenters. The highest BCUT2D eigenvalue weighted by Gasteiger charge is 2.35. The van der Waals surface area contributed by atoms with Crippen LogP contribution >= 0.6 is 0 Å². The molecule has 1 aromatic carbocycles. The Hall–Kier alpha value is -1.78. The molecule has 0 aliphatic rings. The summed E-state index contributed by atoms with van der Waals surface area (Å²) in [7, 11) is 0. The SMILES string of the molecule is CC(C)CCNC(=O)/C=C(/c1ccccc1)C(F)(F)F. The van der Waals surface area contributed by atoms with Gasteiger partial charge in [0.25, 0.3) is 0 Å². The zero-order valence-corrected chi connectivity index (χ0v) is 11.5. The second-order valence-corrected chi connectivity index (χ2v) is 4.90. The van der Waals surface area contributed by atoms with Crippen molar-refractivity contribution in [3.05, 3.63) is 42.0 Å². The maximum absolute atomic E-state index is 13.0. The van der Waals surface area contributed by atoms with Gasteiger partial charge in [-0.2, -0.15) is 13.2 Å². The third-order valence-corrected chi connectivity index (χ3v) is 2.69. The quantitative estimate of drug-likeness (QED) is 0.819. The van der Waals surface area contributed by atoms with E-state index in [1.807, 2.05) is 13.8 Å². The van der Waals surface area contributed by atoms with Gasteiger partial charge in [-0.25, -0.2) is 0 Å². The highest BCUT2D eigenvalue weighted by molar-refractivity contribution is 5.96. The van der Waals surface area contributed by atoms with Crippen LogP contribution in [0.2, 0.25) is 0 Å². The average molecular weight is 285 g/mol. The van der Waals surface area contributed by atoms with E-state index >= 15 is 0 Å². The largest absolute Gasteiger partial charge is 0.417 e. The van der Waals surface area contributed by atoms with E-state index in [-0.39, 0.29) is 5.56 Å². The van der Waals surface area contributed by atoms with Gasteiger partial charge in [-0.1, -0.05) is 44.2 Å². The Bertz CT molecular complexity index is 464. The maximum Gasteiger partial charge on any atom is 0.417 e. The van der Waals surface area contributed by atoms with Crippen molar-refractivity contribution in [3.63, 3.8) is 0 Å². The van der Waals surface area contributed by atoms with Gasteiger partial charge in [-0.05, 0) is 17.9 Å². The summed E-state index contributed by atoms with van der Waals surface area (Å²) < 4.78 is 38.9. The van der Waals surface area contributed by atoms with Gasteiger partial charge in [0.15, 0.2) is 0 Å². The molecule has 0 radical (unpaired) electrons. The lowest BCUT2D eigenvalue weighted by Gasteiger charge is -2.12. The Morgan fingerprint density at radius 2 is 1.85 bits per heavy atom. The van der Waals surface area contributed by atoms with E-state index in [0.29, 0.717) is 18.5 Å². The molecule has 1 amide bonds. The van der Waals surface area contributed by atoms with Crippen LogP contribution in [0.3, 0.4) is 0 Å². The maximum atomic E-state index is 13.0. The summed E-state index contributed by atoms with van der Waals surface area (Å²) in [5.74, 6) is -0.336. The summed E-state index contributed by atoms with van der Waals surface area (Å²) in [6.07, 6.45) is -3.21. The van der Waals surface area contributed by atoms with Crippen LogP contribution in [0.1, 0.15) is 25.8 Å². The van der Waals surface area contributed by atoms with E-state index in [9.17, 15) is 18.0 Å².